The maximum Gasteiger partial charge on any atom is 0.280 e. The normalized spacial score (nSPS) is 28.3. The zero-order chi connectivity index (χ0) is 13.3. The summed E-state index contributed by atoms with van der Waals surface area (Å²) in [7, 11) is -3.45. The van der Waals surface area contributed by atoms with Gasteiger partial charge in [-0.2, -0.15) is 17.4 Å². The molecular weight excluding hydrogens is 238 g/mol. The van der Waals surface area contributed by atoms with E-state index >= 15 is 0 Å². The third-order valence-electron chi connectivity index (χ3n) is 2.94. The molecule has 1 fully saturated rings. The third-order valence-corrected chi connectivity index (χ3v) is 5.02. The number of nitrogens with one attached hydrogen (secondary N) is 1. The second kappa shape index (κ2) is 5.22. The van der Waals surface area contributed by atoms with Crippen LogP contribution in [0.25, 0.3) is 0 Å². The molecule has 0 aromatic heterocycles. The van der Waals surface area contributed by atoms with E-state index in [0.717, 1.165) is 19.3 Å². The molecule has 0 radical (unpaired) electrons. The minimum Gasteiger partial charge on any atom is -0.329 e. The Morgan fingerprint density at radius 2 is 1.94 bits per heavy atom. The number of rotatable bonds is 3. The van der Waals surface area contributed by atoms with E-state index in [1.807, 2.05) is 27.7 Å². The molecule has 1 saturated heterocycles. The van der Waals surface area contributed by atoms with Crippen LogP contribution < -0.4 is 10.5 Å². The summed E-state index contributed by atoms with van der Waals surface area (Å²) >= 11 is 0. The maximum absolute atomic E-state index is 12.3. The zero-order valence-electron chi connectivity index (χ0n) is 11.2. The molecule has 0 saturated carbocycles. The molecule has 0 aromatic rings. The fourth-order valence-corrected chi connectivity index (χ4v) is 4.40. The lowest BCUT2D eigenvalue weighted by Gasteiger charge is -2.40. The average Bonchev–Trinajstić information content (AvgIpc) is 2.12. The van der Waals surface area contributed by atoms with Crippen LogP contribution in [0.5, 0.6) is 0 Å². The minimum atomic E-state index is -3.45. The summed E-state index contributed by atoms with van der Waals surface area (Å²) in [5, 5.41) is 0. The molecule has 0 aromatic carbocycles. The van der Waals surface area contributed by atoms with E-state index in [1.165, 1.54) is 0 Å². The fourth-order valence-electron chi connectivity index (χ4n) is 2.36. The third kappa shape index (κ3) is 3.91. The van der Waals surface area contributed by atoms with Gasteiger partial charge < -0.3 is 5.73 Å². The van der Waals surface area contributed by atoms with Crippen LogP contribution in [0, 0.1) is 0 Å². The van der Waals surface area contributed by atoms with Gasteiger partial charge in [0.1, 0.15) is 0 Å². The maximum atomic E-state index is 12.3. The SMILES string of the molecule is CC1CCCC(CN)N1S(=O)(=O)NC(C)(C)C. The molecule has 1 aliphatic rings. The molecule has 0 amide bonds. The average molecular weight is 263 g/mol. The molecule has 0 bridgehead atoms. The quantitative estimate of drug-likeness (QED) is 0.791. The van der Waals surface area contributed by atoms with Gasteiger partial charge in [0.2, 0.25) is 0 Å². The molecule has 1 aliphatic heterocycles. The Hall–Kier alpha value is -0.170. The van der Waals surface area contributed by atoms with Crippen LogP contribution in [0.3, 0.4) is 0 Å². The van der Waals surface area contributed by atoms with E-state index in [0.29, 0.717) is 6.54 Å². The Labute approximate surface area is 105 Å². The van der Waals surface area contributed by atoms with Gasteiger partial charge in [-0.05, 0) is 40.5 Å². The van der Waals surface area contributed by atoms with Crippen LogP contribution in [0.2, 0.25) is 0 Å². The number of piperidine rings is 1. The van der Waals surface area contributed by atoms with Crippen molar-refractivity contribution in [1.82, 2.24) is 9.03 Å². The fraction of sp³-hybridized carbons (Fsp3) is 1.00. The summed E-state index contributed by atoms with van der Waals surface area (Å²) in [6.45, 7) is 7.86. The van der Waals surface area contributed by atoms with Crippen LogP contribution in [-0.2, 0) is 10.2 Å². The first-order chi connectivity index (χ1) is 7.67. The number of hydrogen-bond acceptors (Lipinski definition) is 3. The summed E-state index contributed by atoms with van der Waals surface area (Å²) in [5.41, 5.74) is 5.22. The topological polar surface area (TPSA) is 75.4 Å². The van der Waals surface area contributed by atoms with Crippen molar-refractivity contribution in [2.45, 2.75) is 64.6 Å². The Morgan fingerprint density at radius 1 is 1.35 bits per heavy atom. The number of hydrogen-bond donors (Lipinski definition) is 2. The molecular formula is C11H25N3O2S. The Balaban J connectivity index is 2.93. The summed E-state index contributed by atoms with van der Waals surface area (Å²) in [6.07, 6.45) is 2.80. The molecule has 6 heteroatoms. The lowest BCUT2D eigenvalue weighted by atomic mass is 10.00. The highest BCUT2D eigenvalue weighted by Gasteiger charge is 2.37. The number of nitrogens with zero attached hydrogens (tertiary/aromatic N) is 1. The molecule has 102 valence electrons. The van der Waals surface area contributed by atoms with Crippen LogP contribution in [0.1, 0.15) is 47.0 Å². The minimum absolute atomic E-state index is 0.0251. The molecule has 0 aliphatic carbocycles. The predicted molar refractivity (Wildman–Crippen MR) is 69.8 cm³/mol. The van der Waals surface area contributed by atoms with Crippen molar-refractivity contribution >= 4 is 10.2 Å². The number of nitrogens with two attached hydrogens (primary N) is 1. The highest BCUT2D eigenvalue weighted by molar-refractivity contribution is 7.87. The molecule has 2 unspecified atom stereocenters. The molecule has 2 atom stereocenters. The summed E-state index contributed by atoms with van der Waals surface area (Å²) < 4.78 is 28.9. The Kier molecular flexibility index (Phi) is 4.57. The second-order valence-electron chi connectivity index (χ2n) is 5.86. The van der Waals surface area contributed by atoms with E-state index in [2.05, 4.69) is 4.72 Å². The first-order valence-corrected chi connectivity index (χ1v) is 7.64. The van der Waals surface area contributed by atoms with Gasteiger partial charge >= 0.3 is 0 Å². The first kappa shape index (κ1) is 14.9. The van der Waals surface area contributed by atoms with E-state index in [4.69, 9.17) is 5.73 Å². The molecule has 1 heterocycles. The van der Waals surface area contributed by atoms with E-state index in [1.54, 1.807) is 4.31 Å². The predicted octanol–water partition coefficient (Wildman–Crippen LogP) is 0.821. The van der Waals surface area contributed by atoms with E-state index in [9.17, 15) is 8.42 Å². The monoisotopic (exact) mass is 263 g/mol. The highest BCUT2D eigenvalue weighted by Crippen LogP contribution is 2.25. The standard InChI is InChI=1S/C11H25N3O2S/c1-9-6-5-7-10(8-12)14(9)17(15,16)13-11(2,3)4/h9-10,13H,5-8,12H2,1-4H3. The van der Waals surface area contributed by atoms with Gasteiger partial charge in [-0.3, -0.25) is 0 Å². The Morgan fingerprint density at radius 3 is 2.41 bits per heavy atom. The zero-order valence-corrected chi connectivity index (χ0v) is 12.0. The lowest BCUT2D eigenvalue weighted by Crippen LogP contribution is -2.58. The Bertz CT molecular complexity index is 348. The van der Waals surface area contributed by atoms with Crippen molar-refractivity contribution in [1.29, 1.82) is 0 Å². The van der Waals surface area contributed by atoms with Crippen molar-refractivity contribution in [3.05, 3.63) is 0 Å². The summed E-state index contributed by atoms with van der Waals surface area (Å²) in [4.78, 5) is 0. The van der Waals surface area contributed by atoms with Crippen molar-refractivity contribution in [2.24, 2.45) is 5.73 Å². The van der Waals surface area contributed by atoms with E-state index < -0.39 is 15.7 Å². The van der Waals surface area contributed by atoms with Gasteiger partial charge in [0.25, 0.3) is 10.2 Å². The van der Waals surface area contributed by atoms with Crippen LogP contribution >= 0.6 is 0 Å². The van der Waals surface area contributed by atoms with E-state index in [-0.39, 0.29) is 12.1 Å². The summed E-state index contributed by atoms with van der Waals surface area (Å²) in [6, 6.07) is -0.0456. The van der Waals surface area contributed by atoms with Crippen LogP contribution in [0.4, 0.5) is 0 Å². The van der Waals surface area contributed by atoms with Crippen molar-refractivity contribution in [3.63, 3.8) is 0 Å². The largest absolute Gasteiger partial charge is 0.329 e. The lowest BCUT2D eigenvalue weighted by molar-refractivity contribution is 0.191. The smallest absolute Gasteiger partial charge is 0.280 e. The molecule has 5 nitrogen and oxygen atoms in total. The highest BCUT2D eigenvalue weighted by atomic mass is 32.2. The van der Waals surface area contributed by atoms with Crippen LogP contribution in [-0.4, -0.2) is 36.9 Å². The van der Waals surface area contributed by atoms with Crippen molar-refractivity contribution in [2.75, 3.05) is 6.54 Å². The van der Waals surface area contributed by atoms with Gasteiger partial charge in [0.15, 0.2) is 0 Å². The van der Waals surface area contributed by atoms with Crippen molar-refractivity contribution < 1.29 is 8.42 Å². The molecule has 1 rings (SSSR count). The molecule has 17 heavy (non-hydrogen) atoms. The van der Waals surface area contributed by atoms with Gasteiger partial charge in [-0.25, -0.2) is 0 Å². The molecule has 3 N–H and O–H groups in total. The first-order valence-electron chi connectivity index (χ1n) is 6.20. The second-order valence-corrected chi connectivity index (χ2v) is 7.43. The van der Waals surface area contributed by atoms with Crippen molar-refractivity contribution in [3.8, 4) is 0 Å². The van der Waals surface area contributed by atoms with Gasteiger partial charge in [0.05, 0.1) is 0 Å². The van der Waals surface area contributed by atoms with Gasteiger partial charge in [0, 0.05) is 24.2 Å². The van der Waals surface area contributed by atoms with Gasteiger partial charge in [-0.15, -0.1) is 0 Å². The van der Waals surface area contributed by atoms with Gasteiger partial charge in [-0.1, -0.05) is 6.42 Å². The molecule has 0 spiro atoms. The van der Waals surface area contributed by atoms with Crippen LogP contribution in [0.15, 0.2) is 0 Å². The summed E-state index contributed by atoms with van der Waals surface area (Å²) in [5.74, 6) is 0.